The predicted molar refractivity (Wildman–Crippen MR) is 148 cm³/mol. The van der Waals surface area contributed by atoms with Crippen LogP contribution in [0.1, 0.15) is 42.1 Å². The Bertz CT molecular complexity index is 1480. The first-order chi connectivity index (χ1) is 18.6. The van der Waals surface area contributed by atoms with E-state index in [-0.39, 0.29) is 11.8 Å². The number of amides is 1. The molecule has 6 rings (SSSR count). The van der Waals surface area contributed by atoms with Gasteiger partial charge in [-0.1, -0.05) is 24.3 Å². The minimum absolute atomic E-state index is 0.0225. The number of hydrogen-bond acceptors (Lipinski definition) is 5. The molecule has 196 valence electrons. The maximum atomic E-state index is 13.1. The van der Waals surface area contributed by atoms with Gasteiger partial charge in [0.1, 0.15) is 24.8 Å². The molecule has 0 saturated carbocycles. The van der Waals surface area contributed by atoms with Crippen LogP contribution >= 0.6 is 0 Å². The molecule has 4 aromatic rings. The fourth-order valence-electron chi connectivity index (χ4n) is 5.39. The molecular weight excluding hydrogens is 478 g/mol. The summed E-state index contributed by atoms with van der Waals surface area (Å²) in [5.74, 6) is 3.49. The summed E-state index contributed by atoms with van der Waals surface area (Å²) in [6.07, 6.45) is 2.34. The zero-order valence-corrected chi connectivity index (χ0v) is 22.0. The second kappa shape index (κ2) is 10.4. The average Bonchev–Trinajstić information content (AvgIpc) is 3.50. The van der Waals surface area contributed by atoms with Gasteiger partial charge in [0.05, 0.1) is 17.6 Å². The van der Waals surface area contributed by atoms with Crippen molar-refractivity contribution in [1.29, 1.82) is 0 Å². The van der Waals surface area contributed by atoms with Crippen LogP contribution < -0.4 is 19.1 Å². The third-order valence-corrected chi connectivity index (χ3v) is 7.39. The van der Waals surface area contributed by atoms with Gasteiger partial charge in [0, 0.05) is 37.2 Å². The lowest BCUT2D eigenvalue weighted by molar-refractivity contribution is -0.117. The fraction of sp³-hybridized carbons (Fsp3) is 0.355. The number of para-hydroxylation sites is 2. The van der Waals surface area contributed by atoms with Gasteiger partial charge in [-0.2, -0.15) is 0 Å². The highest BCUT2D eigenvalue weighted by Crippen LogP contribution is 2.38. The number of aromatic nitrogens is 2. The van der Waals surface area contributed by atoms with E-state index in [2.05, 4.69) is 48.7 Å². The summed E-state index contributed by atoms with van der Waals surface area (Å²) in [5.41, 5.74) is 5.29. The molecule has 1 unspecified atom stereocenters. The molecule has 38 heavy (non-hydrogen) atoms. The van der Waals surface area contributed by atoms with E-state index in [4.69, 9.17) is 19.2 Å². The van der Waals surface area contributed by atoms with Crippen molar-refractivity contribution in [1.82, 2.24) is 9.55 Å². The highest BCUT2D eigenvalue weighted by molar-refractivity contribution is 5.97. The van der Waals surface area contributed by atoms with E-state index in [0.717, 1.165) is 59.0 Å². The lowest BCUT2D eigenvalue weighted by Gasteiger charge is -2.22. The summed E-state index contributed by atoms with van der Waals surface area (Å²) < 4.78 is 19.8. The second-order valence-electron chi connectivity index (χ2n) is 10.2. The number of carbonyl (C=O) groups excluding carboxylic acids is 1. The zero-order valence-electron chi connectivity index (χ0n) is 22.0. The number of benzene rings is 3. The number of aryl methyl sites for hydroxylation is 3. The van der Waals surface area contributed by atoms with Gasteiger partial charge in [-0.15, -0.1) is 0 Å². The van der Waals surface area contributed by atoms with E-state index in [0.29, 0.717) is 38.5 Å². The van der Waals surface area contributed by atoms with Gasteiger partial charge in [-0.25, -0.2) is 4.98 Å². The highest BCUT2D eigenvalue weighted by atomic mass is 16.6. The number of unbranched alkanes of at least 4 members (excludes halogenated alkanes) is 1. The van der Waals surface area contributed by atoms with Gasteiger partial charge in [-0.3, -0.25) is 4.79 Å². The Balaban J connectivity index is 1.16. The van der Waals surface area contributed by atoms with Crippen LogP contribution in [0, 0.1) is 13.8 Å². The second-order valence-corrected chi connectivity index (χ2v) is 10.2. The first-order valence-electron chi connectivity index (χ1n) is 13.4. The van der Waals surface area contributed by atoms with Crippen molar-refractivity contribution in [3.8, 4) is 17.2 Å². The van der Waals surface area contributed by atoms with E-state index in [1.165, 1.54) is 5.56 Å². The first kappa shape index (κ1) is 24.3. The van der Waals surface area contributed by atoms with Crippen LogP contribution in [0.3, 0.4) is 0 Å². The third-order valence-electron chi connectivity index (χ3n) is 7.39. The number of carbonyl (C=O) groups is 1. The van der Waals surface area contributed by atoms with E-state index in [1.807, 2.05) is 35.2 Å². The largest absolute Gasteiger partial charge is 0.493 e. The molecule has 0 N–H and O–H groups in total. The maximum absolute atomic E-state index is 13.1. The van der Waals surface area contributed by atoms with Crippen molar-refractivity contribution < 1.29 is 19.0 Å². The smallest absolute Gasteiger partial charge is 0.227 e. The maximum Gasteiger partial charge on any atom is 0.227 e. The van der Waals surface area contributed by atoms with Crippen molar-refractivity contribution in [3.05, 3.63) is 77.6 Å². The van der Waals surface area contributed by atoms with E-state index in [9.17, 15) is 4.79 Å². The molecule has 7 heteroatoms. The molecule has 1 saturated heterocycles. The SMILES string of the molecule is Cc1ccc(C)c(OCCCCn2c(C3CC(=O)N(c4ccc5c(c4)OCCO5)C3)nc3ccccc32)c1. The normalized spacial score (nSPS) is 16.8. The Hall–Kier alpha value is -4.00. The number of fused-ring (bicyclic) bond motifs is 2. The standard InChI is InChI=1S/C31H33N3O4/c1-21-9-10-22(2)28(17-21)36-14-6-5-13-33-26-8-4-3-7-25(26)32-31(33)23-18-30(35)34(20-23)24-11-12-27-29(19-24)38-16-15-37-27/h3-4,7-12,17,19,23H,5-6,13-16,18,20H2,1-2H3. The molecule has 3 aromatic carbocycles. The summed E-state index contributed by atoms with van der Waals surface area (Å²) in [6.45, 7) is 7.33. The van der Waals surface area contributed by atoms with Crippen LogP contribution in [0.15, 0.2) is 60.7 Å². The van der Waals surface area contributed by atoms with Crippen LogP contribution in [0.25, 0.3) is 11.0 Å². The van der Waals surface area contributed by atoms with Crippen LogP contribution in [-0.4, -0.2) is 41.8 Å². The molecule has 1 fully saturated rings. The molecule has 7 nitrogen and oxygen atoms in total. The molecule has 2 aliphatic rings. The van der Waals surface area contributed by atoms with E-state index < -0.39 is 0 Å². The topological polar surface area (TPSA) is 65.8 Å². The Morgan fingerprint density at radius 2 is 1.82 bits per heavy atom. The van der Waals surface area contributed by atoms with Crippen LogP contribution in [0.2, 0.25) is 0 Å². The summed E-state index contributed by atoms with van der Waals surface area (Å²) in [5, 5.41) is 0. The van der Waals surface area contributed by atoms with Crippen LogP contribution in [-0.2, 0) is 11.3 Å². The highest BCUT2D eigenvalue weighted by Gasteiger charge is 2.35. The molecule has 2 aliphatic heterocycles. The Morgan fingerprint density at radius 1 is 0.974 bits per heavy atom. The van der Waals surface area contributed by atoms with Crippen molar-refractivity contribution >= 4 is 22.6 Å². The van der Waals surface area contributed by atoms with Gasteiger partial charge < -0.3 is 23.7 Å². The zero-order chi connectivity index (χ0) is 26.1. The lowest BCUT2D eigenvalue weighted by atomic mass is 10.1. The Labute approximate surface area is 222 Å². The van der Waals surface area contributed by atoms with Crippen LogP contribution in [0.5, 0.6) is 17.2 Å². The monoisotopic (exact) mass is 511 g/mol. The summed E-state index contributed by atoms with van der Waals surface area (Å²) in [4.78, 5) is 20.0. The molecule has 0 spiro atoms. The Kier molecular flexibility index (Phi) is 6.66. The van der Waals surface area contributed by atoms with Gasteiger partial charge in [0.2, 0.25) is 5.91 Å². The molecule has 3 heterocycles. The number of anilines is 1. The number of imidazole rings is 1. The molecular formula is C31H33N3O4. The predicted octanol–water partition coefficient (Wildman–Crippen LogP) is 5.80. The number of hydrogen-bond donors (Lipinski definition) is 0. The molecule has 1 aromatic heterocycles. The molecule has 1 atom stereocenters. The minimum Gasteiger partial charge on any atom is -0.493 e. The van der Waals surface area contributed by atoms with E-state index in [1.54, 1.807) is 0 Å². The lowest BCUT2D eigenvalue weighted by Crippen LogP contribution is -2.25. The van der Waals surface area contributed by atoms with Gasteiger partial charge in [0.15, 0.2) is 11.5 Å². The van der Waals surface area contributed by atoms with Gasteiger partial charge in [-0.05, 0) is 68.1 Å². The quantitative estimate of drug-likeness (QED) is 0.280. The Morgan fingerprint density at radius 3 is 2.71 bits per heavy atom. The number of nitrogens with zero attached hydrogens (tertiary/aromatic N) is 3. The molecule has 1 amide bonds. The van der Waals surface area contributed by atoms with Gasteiger partial charge >= 0.3 is 0 Å². The van der Waals surface area contributed by atoms with Crippen molar-refractivity contribution in [3.63, 3.8) is 0 Å². The number of ether oxygens (including phenoxy) is 3. The number of rotatable bonds is 8. The fourth-order valence-corrected chi connectivity index (χ4v) is 5.39. The van der Waals surface area contributed by atoms with Crippen molar-refractivity contribution in [2.75, 3.05) is 31.3 Å². The van der Waals surface area contributed by atoms with E-state index >= 15 is 0 Å². The van der Waals surface area contributed by atoms with Gasteiger partial charge in [0.25, 0.3) is 0 Å². The average molecular weight is 512 g/mol. The molecule has 0 radical (unpaired) electrons. The summed E-state index contributed by atoms with van der Waals surface area (Å²) in [7, 11) is 0. The summed E-state index contributed by atoms with van der Waals surface area (Å²) >= 11 is 0. The minimum atomic E-state index is 0.0225. The van der Waals surface area contributed by atoms with Crippen LogP contribution in [0.4, 0.5) is 5.69 Å². The molecule has 0 bridgehead atoms. The summed E-state index contributed by atoms with van der Waals surface area (Å²) in [6, 6.07) is 20.3. The molecule has 0 aliphatic carbocycles. The third kappa shape index (κ3) is 4.80. The first-order valence-corrected chi connectivity index (χ1v) is 13.4. The van der Waals surface area contributed by atoms with Crippen molar-refractivity contribution in [2.24, 2.45) is 0 Å². The van der Waals surface area contributed by atoms with Crippen molar-refractivity contribution in [2.45, 2.75) is 45.6 Å².